The Balaban J connectivity index is 0. The van der Waals surface area contributed by atoms with Crippen molar-refractivity contribution in [1.29, 1.82) is 0 Å². The first-order chi connectivity index (χ1) is 29.0. The molecule has 0 aliphatic carbocycles. The summed E-state index contributed by atoms with van der Waals surface area (Å²) in [7, 11) is 8.06. The minimum atomic E-state index is -0.845. The Morgan fingerprint density at radius 3 is 1.69 bits per heavy atom. The van der Waals surface area contributed by atoms with Gasteiger partial charge in [-0.3, -0.25) is 24.0 Å². The van der Waals surface area contributed by atoms with Crippen LogP contribution in [-0.2, 0) is 38.2 Å². The van der Waals surface area contributed by atoms with E-state index in [-0.39, 0.29) is 41.6 Å². The second-order valence-electron chi connectivity index (χ2n) is 17.6. The molecule has 3 atom stereocenters. The van der Waals surface area contributed by atoms with Gasteiger partial charge in [-0.25, -0.2) is 4.79 Å². The molecule has 14 nitrogen and oxygen atoms in total. The van der Waals surface area contributed by atoms with Gasteiger partial charge in [0.2, 0.25) is 23.6 Å². The molecule has 2 rings (SSSR count). The number of nitrogens with zero attached hydrogens (tertiary/aromatic N) is 4. The van der Waals surface area contributed by atoms with E-state index < -0.39 is 10.8 Å². The van der Waals surface area contributed by atoms with Crippen molar-refractivity contribution in [1.82, 2.24) is 30.2 Å². The second-order valence-corrected chi connectivity index (χ2v) is 17.6. The lowest BCUT2D eigenvalue weighted by Crippen LogP contribution is -2.47. The number of carbonyl (C=O) groups is 6. The molecule has 0 aromatic heterocycles. The van der Waals surface area contributed by atoms with Gasteiger partial charge in [0.1, 0.15) is 0 Å². The van der Waals surface area contributed by atoms with Gasteiger partial charge in [-0.15, -0.1) is 0 Å². The van der Waals surface area contributed by atoms with Gasteiger partial charge in [0, 0.05) is 61.6 Å². The maximum absolute atomic E-state index is 13.3. The third-order valence-corrected chi connectivity index (χ3v) is 10.7. The molecule has 3 unspecified atom stereocenters. The van der Waals surface area contributed by atoms with Crippen molar-refractivity contribution >= 4 is 35.6 Å². The van der Waals surface area contributed by atoms with Crippen molar-refractivity contribution in [3.8, 4) is 0 Å². The molecule has 62 heavy (non-hydrogen) atoms. The highest BCUT2D eigenvalue weighted by Gasteiger charge is 2.46. The lowest BCUT2D eigenvalue weighted by Gasteiger charge is -2.39. The first-order valence-corrected chi connectivity index (χ1v) is 22.8. The smallest absolute Gasteiger partial charge is 0.333 e. The summed E-state index contributed by atoms with van der Waals surface area (Å²) in [6.07, 6.45) is 11.8. The number of likely N-dealkylation sites (tertiary alicyclic amines) is 2. The van der Waals surface area contributed by atoms with E-state index in [2.05, 4.69) is 54.0 Å². The summed E-state index contributed by atoms with van der Waals surface area (Å²) in [4.78, 5) is 78.7. The molecule has 2 aliphatic rings. The molecule has 358 valence electrons. The minimum Gasteiger partial charge on any atom is -0.465 e. The highest BCUT2D eigenvalue weighted by atomic mass is 16.5. The summed E-state index contributed by atoms with van der Waals surface area (Å²) >= 11 is 0. The van der Waals surface area contributed by atoms with Gasteiger partial charge in [-0.2, -0.15) is 0 Å². The van der Waals surface area contributed by atoms with E-state index in [0.29, 0.717) is 63.0 Å². The first-order valence-electron chi connectivity index (χ1n) is 22.8. The molecule has 2 N–H and O–H groups in total. The van der Waals surface area contributed by atoms with Crippen LogP contribution < -0.4 is 10.6 Å². The molecule has 2 heterocycles. The fourth-order valence-corrected chi connectivity index (χ4v) is 6.69. The Kier molecular flexibility index (Phi) is 32.5. The third-order valence-electron chi connectivity index (χ3n) is 10.7. The van der Waals surface area contributed by atoms with Gasteiger partial charge >= 0.3 is 11.9 Å². The lowest BCUT2D eigenvalue weighted by atomic mass is 9.68. The molecule has 2 saturated heterocycles. The molecule has 2 aliphatic heterocycles. The number of rotatable bonds is 25. The number of hydrogen-bond acceptors (Lipinski definition) is 10. The molecular weight excluding hydrogens is 789 g/mol. The highest BCUT2D eigenvalue weighted by Crippen LogP contribution is 2.42. The van der Waals surface area contributed by atoms with Gasteiger partial charge in [0.15, 0.2) is 0 Å². The number of esters is 2. The van der Waals surface area contributed by atoms with Crippen LogP contribution in [0.4, 0.5) is 0 Å². The number of nitrogens with one attached hydrogen (secondary N) is 2. The van der Waals surface area contributed by atoms with Crippen LogP contribution in [0.3, 0.4) is 0 Å². The van der Waals surface area contributed by atoms with Crippen LogP contribution in [0.2, 0.25) is 0 Å². The number of unbranched alkanes of at least 4 members (excludes halogenated alkanes) is 2. The second kappa shape index (κ2) is 33.5. The van der Waals surface area contributed by atoms with Gasteiger partial charge in [-0.1, -0.05) is 60.3 Å². The Bertz CT molecular complexity index is 1400. The fourth-order valence-electron chi connectivity index (χ4n) is 6.69. The van der Waals surface area contributed by atoms with E-state index in [4.69, 9.17) is 9.47 Å². The SMILES string of the molecule is C=C(C)C(=O)NCCCN(C)C.C=C(C)C(=O)OCCCC.C=CN1CCCC1=O.CCCCOC(=O)C(C)(CC(C)N1CCCC1=O)CC(C)(CC)C(=O)NCCCN(C)C. The summed E-state index contributed by atoms with van der Waals surface area (Å²) in [5, 5.41) is 5.85. The van der Waals surface area contributed by atoms with Crippen molar-refractivity contribution < 1.29 is 38.2 Å². The van der Waals surface area contributed by atoms with Crippen LogP contribution in [0, 0.1) is 10.8 Å². The average Bonchev–Trinajstić information content (AvgIpc) is 3.85. The summed E-state index contributed by atoms with van der Waals surface area (Å²) in [6, 6.07) is -0.0713. The van der Waals surface area contributed by atoms with Crippen LogP contribution in [-0.4, -0.2) is 142 Å². The Labute approximate surface area is 376 Å². The maximum Gasteiger partial charge on any atom is 0.333 e. The molecular formula is C48H88N6O8. The number of amides is 4. The molecule has 0 radical (unpaired) electrons. The van der Waals surface area contributed by atoms with E-state index in [0.717, 1.165) is 84.1 Å². The predicted octanol–water partition coefficient (Wildman–Crippen LogP) is 6.90. The predicted molar refractivity (Wildman–Crippen MR) is 251 cm³/mol. The minimum absolute atomic E-state index is 0.0174. The summed E-state index contributed by atoms with van der Waals surface area (Å²) in [5.74, 6) is -0.251. The van der Waals surface area contributed by atoms with Crippen LogP contribution in [0.15, 0.2) is 37.1 Å². The average molecular weight is 877 g/mol. The van der Waals surface area contributed by atoms with Crippen LogP contribution in [0.1, 0.15) is 139 Å². The number of hydrogen-bond donors (Lipinski definition) is 2. The first kappa shape index (κ1) is 60.0. The standard InChI is InChI=1S/C25H47N3O4.C9H18N2O.C8H14O2.C6H9NO/c1-8-10-17-32-23(31)25(5,18-20(3)28-16-11-13-21(28)29)19-24(4,9-2)22(30)26-14-12-15-27(6)7;1-8(2)9(12)10-6-5-7-11(3)4;1-4-5-6-10-8(9)7(2)3;1-2-7-5-3-4-6(7)8/h20H,8-19H2,1-7H3,(H,26,30);1,5-7H2,2-4H3,(H,10,12);2,4-6H2,1,3H3;2H,1,3-5H2. The molecule has 0 aromatic rings. The van der Waals surface area contributed by atoms with Gasteiger partial charge in [0.25, 0.3) is 0 Å². The Morgan fingerprint density at radius 2 is 1.29 bits per heavy atom. The van der Waals surface area contributed by atoms with Gasteiger partial charge in [0.05, 0.1) is 18.6 Å². The zero-order valence-corrected chi connectivity index (χ0v) is 41.2. The Morgan fingerprint density at radius 1 is 0.774 bits per heavy atom. The number of carbonyl (C=O) groups excluding carboxylic acids is 6. The molecule has 0 aromatic carbocycles. The van der Waals surface area contributed by atoms with Crippen molar-refractivity contribution in [2.75, 3.05) is 80.7 Å². The highest BCUT2D eigenvalue weighted by molar-refractivity contribution is 5.92. The van der Waals surface area contributed by atoms with Crippen molar-refractivity contribution in [2.24, 2.45) is 10.8 Å². The monoisotopic (exact) mass is 877 g/mol. The summed E-state index contributed by atoms with van der Waals surface area (Å²) in [6.45, 7) is 31.6. The molecule has 0 spiro atoms. The quantitative estimate of drug-likeness (QED) is 0.0562. The van der Waals surface area contributed by atoms with Crippen LogP contribution in [0.5, 0.6) is 0 Å². The maximum atomic E-state index is 13.3. The van der Waals surface area contributed by atoms with Gasteiger partial charge < -0.3 is 39.7 Å². The molecule has 0 bridgehead atoms. The zero-order valence-electron chi connectivity index (χ0n) is 41.2. The topological polar surface area (TPSA) is 158 Å². The summed E-state index contributed by atoms with van der Waals surface area (Å²) < 4.78 is 10.5. The normalized spacial score (nSPS) is 15.6. The van der Waals surface area contributed by atoms with Gasteiger partial charge in [-0.05, 0) is 133 Å². The number of ether oxygens (including phenoxy) is 2. The largest absolute Gasteiger partial charge is 0.465 e. The molecule has 4 amide bonds. The fraction of sp³-hybridized carbons (Fsp3) is 0.750. The lowest BCUT2D eigenvalue weighted by molar-refractivity contribution is -0.160. The third kappa shape index (κ3) is 26.4. The van der Waals surface area contributed by atoms with Crippen molar-refractivity contribution in [3.05, 3.63) is 37.1 Å². The molecule has 14 heteroatoms. The van der Waals surface area contributed by atoms with Crippen molar-refractivity contribution in [2.45, 2.75) is 145 Å². The van der Waals surface area contributed by atoms with E-state index in [1.54, 1.807) is 24.9 Å². The van der Waals surface area contributed by atoms with Crippen LogP contribution in [0.25, 0.3) is 0 Å². The van der Waals surface area contributed by atoms with Crippen molar-refractivity contribution in [3.63, 3.8) is 0 Å². The molecule has 2 fully saturated rings. The zero-order chi connectivity index (χ0) is 47.9. The van der Waals surface area contributed by atoms with E-state index in [1.807, 2.05) is 60.8 Å². The van der Waals surface area contributed by atoms with E-state index in [9.17, 15) is 28.8 Å². The van der Waals surface area contributed by atoms with E-state index in [1.165, 1.54) is 0 Å². The Hall–Kier alpha value is -4.04. The molecule has 0 saturated carbocycles. The van der Waals surface area contributed by atoms with Crippen LogP contribution >= 0.6 is 0 Å². The van der Waals surface area contributed by atoms with E-state index >= 15 is 0 Å². The summed E-state index contributed by atoms with van der Waals surface area (Å²) in [5.41, 5.74) is -0.497.